The van der Waals surface area contributed by atoms with Crippen LogP contribution in [0.25, 0.3) is 140 Å². The predicted octanol–water partition coefficient (Wildman–Crippen LogP) is 19.6. The monoisotopic (exact) mass is 1010 g/mol. The van der Waals surface area contributed by atoms with E-state index in [0.29, 0.717) is 17.5 Å². The number of fused-ring (bicyclic) bond motifs is 3. The van der Waals surface area contributed by atoms with Gasteiger partial charge in [0.1, 0.15) is 0 Å². The SMILES string of the molecule is c1ccc(-c2cccc(-c3ccc(-c4cccc(-c5ccc(-c6nc(-c7cccc(-c8cccc(-c9cccc(-c%10ccccc%10)c9)c8)c7)nc(-c7cccc(-n8c9ccccc9c9ccccc98)c7)n6)cc5)c4)cc3)c2)cc1. The Bertz CT molecular complexity index is 4470. The fourth-order valence-electron chi connectivity index (χ4n) is 11.0. The van der Waals surface area contributed by atoms with Gasteiger partial charge in [-0.3, -0.25) is 0 Å². The molecule has 0 amide bonds. The van der Waals surface area contributed by atoms with Crippen molar-refractivity contribution in [1.82, 2.24) is 19.5 Å². The maximum atomic E-state index is 5.30. The van der Waals surface area contributed by atoms with Crippen LogP contribution in [-0.2, 0) is 0 Å². The Morgan fingerprint density at radius 3 is 0.823 bits per heavy atom. The average molecular weight is 1010 g/mol. The summed E-state index contributed by atoms with van der Waals surface area (Å²) in [5.74, 6) is 1.80. The van der Waals surface area contributed by atoms with Crippen LogP contribution in [0.5, 0.6) is 0 Å². The largest absolute Gasteiger partial charge is 0.309 e. The molecule has 12 aromatic carbocycles. The van der Waals surface area contributed by atoms with Crippen molar-refractivity contribution in [3.63, 3.8) is 0 Å². The van der Waals surface area contributed by atoms with Crippen LogP contribution in [0, 0.1) is 0 Å². The fourth-order valence-corrected chi connectivity index (χ4v) is 11.0. The number of benzene rings is 12. The predicted molar refractivity (Wildman–Crippen MR) is 329 cm³/mol. The first-order valence-corrected chi connectivity index (χ1v) is 26.8. The van der Waals surface area contributed by atoms with Gasteiger partial charge in [0.2, 0.25) is 0 Å². The summed E-state index contributed by atoms with van der Waals surface area (Å²) in [4.78, 5) is 15.8. The van der Waals surface area contributed by atoms with Gasteiger partial charge in [0, 0.05) is 33.2 Å². The van der Waals surface area contributed by atoms with Crippen LogP contribution in [0.1, 0.15) is 0 Å². The molecular formula is C75H50N4. The molecule has 0 atom stereocenters. The molecule has 0 saturated carbocycles. The lowest BCUT2D eigenvalue weighted by atomic mass is 9.95. The van der Waals surface area contributed by atoms with Crippen molar-refractivity contribution in [2.24, 2.45) is 0 Å². The van der Waals surface area contributed by atoms with Crippen molar-refractivity contribution in [3.05, 3.63) is 303 Å². The van der Waals surface area contributed by atoms with Crippen molar-refractivity contribution in [2.45, 2.75) is 0 Å². The lowest BCUT2D eigenvalue weighted by molar-refractivity contribution is 1.07. The fraction of sp³-hybridized carbons (Fsp3) is 0. The van der Waals surface area contributed by atoms with E-state index in [1.54, 1.807) is 0 Å². The zero-order chi connectivity index (χ0) is 52.5. The molecule has 0 radical (unpaired) electrons. The first-order chi connectivity index (χ1) is 39.1. The van der Waals surface area contributed by atoms with Crippen LogP contribution in [0.15, 0.2) is 303 Å². The van der Waals surface area contributed by atoms with Crippen LogP contribution in [-0.4, -0.2) is 19.5 Å². The Balaban J connectivity index is 0.811. The lowest BCUT2D eigenvalue weighted by Gasteiger charge is -2.13. The van der Waals surface area contributed by atoms with Gasteiger partial charge in [0.05, 0.1) is 11.0 Å². The Kier molecular flexibility index (Phi) is 12.2. The van der Waals surface area contributed by atoms with E-state index in [4.69, 9.17) is 15.0 Å². The first-order valence-electron chi connectivity index (χ1n) is 26.8. The third kappa shape index (κ3) is 9.39. The molecule has 370 valence electrons. The van der Waals surface area contributed by atoms with Crippen LogP contribution in [0.2, 0.25) is 0 Å². The van der Waals surface area contributed by atoms with Crippen LogP contribution in [0.4, 0.5) is 0 Å². The Hall–Kier alpha value is -10.6. The molecule has 0 unspecified atom stereocenters. The summed E-state index contributed by atoms with van der Waals surface area (Å²) in [6.07, 6.45) is 0. The van der Waals surface area contributed by atoms with Crippen LogP contribution in [0.3, 0.4) is 0 Å². The van der Waals surface area contributed by atoms with E-state index in [9.17, 15) is 0 Å². The molecule has 4 heteroatoms. The second kappa shape index (κ2) is 20.5. The number of para-hydroxylation sites is 2. The standard InChI is InChI=1S/C75H50N4/c1-3-17-51(18-4-1)57-21-11-23-59(45-57)53-37-39-54(40-38-53)60-24-12-25-61(46-60)55-41-43-56(44-42-55)73-76-74(78-75(77-73)67-31-16-32-68(50-67)79-71-35-9-7-33-69(71)70-34-8-10-36-72(70)79)66-30-15-29-65(49-66)64-28-14-27-63(48-64)62-26-13-22-58(47-62)52-19-5-2-6-20-52/h1-50H. The third-order valence-electron chi connectivity index (χ3n) is 15.1. The minimum Gasteiger partial charge on any atom is -0.309 e. The molecule has 0 aliphatic rings. The van der Waals surface area contributed by atoms with Crippen LogP contribution < -0.4 is 0 Å². The van der Waals surface area contributed by atoms with Gasteiger partial charge in [-0.15, -0.1) is 0 Å². The van der Waals surface area contributed by atoms with Gasteiger partial charge >= 0.3 is 0 Å². The van der Waals surface area contributed by atoms with Gasteiger partial charge in [-0.2, -0.15) is 0 Å². The molecule has 14 rings (SSSR count). The van der Waals surface area contributed by atoms with E-state index >= 15 is 0 Å². The first kappa shape index (κ1) is 46.9. The minimum absolute atomic E-state index is 0.597. The molecule has 2 heterocycles. The Morgan fingerprint density at radius 1 is 0.177 bits per heavy atom. The second-order valence-corrected chi connectivity index (χ2v) is 20.0. The summed E-state index contributed by atoms with van der Waals surface area (Å²) in [6.45, 7) is 0. The number of nitrogens with zero attached hydrogens (tertiary/aromatic N) is 4. The average Bonchev–Trinajstić information content (AvgIpc) is 3.91. The summed E-state index contributed by atoms with van der Waals surface area (Å²) in [5, 5.41) is 2.43. The van der Waals surface area contributed by atoms with Gasteiger partial charge < -0.3 is 4.57 Å². The molecule has 0 spiro atoms. The molecule has 79 heavy (non-hydrogen) atoms. The highest BCUT2D eigenvalue weighted by Crippen LogP contribution is 2.37. The highest BCUT2D eigenvalue weighted by molar-refractivity contribution is 6.09. The van der Waals surface area contributed by atoms with E-state index < -0.39 is 0 Å². The van der Waals surface area contributed by atoms with E-state index in [2.05, 4.69) is 308 Å². The Morgan fingerprint density at radius 2 is 0.430 bits per heavy atom. The molecule has 0 fully saturated rings. The summed E-state index contributed by atoms with van der Waals surface area (Å²) in [6, 6.07) is 108. The van der Waals surface area contributed by atoms with E-state index in [-0.39, 0.29) is 0 Å². The molecule has 0 N–H and O–H groups in total. The zero-order valence-corrected chi connectivity index (χ0v) is 43.2. The maximum absolute atomic E-state index is 5.30. The van der Waals surface area contributed by atoms with Gasteiger partial charge in [-0.25, -0.2) is 15.0 Å². The highest BCUT2D eigenvalue weighted by atomic mass is 15.0. The van der Waals surface area contributed by atoms with Gasteiger partial charge in [-0.05, 0) is 132 Å². The topological polar surface area (TPSA) is 43.6 Å². The quantitative estimate of drug-likeness (QED) is 0.130. The normalized spacial score (nSPS) is 11.3. The van der Waals surface area contributed by atoms with Crippen molar-refractivity contribution >= 4 is 21.8 Å². The Labute approximate surface area is 460 Å². The molecule has 0 bridgehead atoms. The van der Waals surface area contributed by atoms with Gasteiger partial charge in [-0.1, -0.05) is 249 Å². The smallest absolute Gasteiger partial charge is 0.164 e. The van der Waals surface area contributed by atoms with Gasteiger partial charge in [0.15, 0.2) is 17.5 Å². The van der Waals surface area contributed by atoms with Crippen LogP contribution >= 0.6 is 0 Å². The zero-order valence-electron chi connectivity index (χ0n) is 43.2. The summed E-state index contributed by atoms with van der Waals surface area (Å²) >= 11 is 0. The van der Waals surface area contributed by atoms with E-state index in [1.807, 2.05) is 0 Å². The number of hydrogen-bond acceptors (Lipinski definition) is 3. The number of hydrogen-bond donors (Lipinski definition) is 0. The van der Waals surface area contributed by atoms with Crippen molar-refractivity contribution in [2.75, 3.05) is 0 Å². The molecule has 0 aliphatic carbocycles. The minimum atomic E-state index is 0.597. The van der Waals surface area contributed by atoms with Crippen molar-refractivity contribution in [1.29, 1.82) is 0 Å². The number of rotatable bonds is 11. The van der Waals surface area contributed by atoms with E-state index in [0.717, 1.165) is 66.8 Å². The van der Waals surface area contributed by atoms with E-state index in [1.165, 1.54) is 55.3 Å². The molecule has 0 saturated heterocycles. The summed E-state index contributed by atoms with van der Waals surface area (Å²) in [5.41, 5.74) is 22.3. The molecule has 0 aliphatic heterocycles. The summed E-state index contributed by atoms with van der Waals surface area (Å²) in [7, 11) is 0. The van der Waals surface area contributed by atoms with Crippen molar-refractivity contribution < 1.29 is 0 Å². The van der Waals surface area contributed by atoms with Crippen molar-refractivity contribution in [3.8, 4) is 118 Å². The maximum Gasteiger partial charge on any atom is 0.164 e. The lowest BCUT2D eigenvalue weighted by Crippen LogP contribution is -2.01. The summed E-state index contributed by atoms with van der Waals surface area (Å²) < 4.78 is 2.33. The highest BCUT2D eigenvalue weighted by Gasteiger charge is 2.17. The molecule has 14 aromatic rings. The molecule has 2 aromatic heterocycles. The third-order valence-corrected chi connectivity index (χ3v) is 15.1. The molecular weight excluding hydrogens is 957 g/mol. The molecule has 4 nitrogen and oxygen atoms in total. The number of aromatic nitrogens is 4. The van der Waals surface area contributed by atoms with Gasteiger partial charge in [0.25, 0.3) is 0 Å². The second-order valence-electron chi connectivity index (χ2n) is 20.0.